The van der Waals surface area contributed by atoms with Gasteiger partial charge in [-0.05, 0) is 28.1 Å². The molecule has 0 aliphatic heterocycles. The van der Waals surface area contributed by atoms with E-state index in [4.69, 9.17) is 21.1 Å². The van der Waals surface area contributed by atoms with Crippen LogP contribution < -0.4 is 15.0 Å². The summed E-state index contributed by atoms with van der Waals surface area (Å²) >= 11 is 8.84. The first-order chi connectivity index (χ1) is 9.63. The van der Waals surface area contributed by atoms with Crippen LogP contribution in [0.15, 0.2) is 39.9 Å². The Hall–Kier alpha value is -1.53. The van der Waals surface area contributed by atoms with E-state index in [0.29, 0.717) is 24.7 Å². The average Bonchev–Trinajstić information content (AvgIpc) is 2.47. The van der Waals surface area contributed by atoms with Crippen molar-refractivity contribution in [2.24, 2.45) is 0 Å². The van der Waals surface area contributed by atoms with Gasteiger partial charge in [0.1, 0.15) is 11.1 Å². The molecule has 0 saturated carbocycles. The van der Waals surface area contributed by atoms with E-state index in [1.54, 1.807) is 13.2 Å². The third kappa shape index (κ3) is 3.32. The molecule has 0 spiro atoms. The molecule has 0 amide bonds. The summed E-state index contributed by atoms with van der Waals surface area (Å²) in [7, 11) is 1.58. The molecule has 1 aromatic carbocycles. The summed E-state index contributed by atoms with van der Waals surface area (Å²) in [4.78, 5) is 15.8. The zero-order valence-electron chi connectivity index (χ0n) is 10.7. The largest absolute Gasteiger partial charge is 0.493 e. The van der Waals surface area contributed by atoms with Crippen LogP contribution >= 0.6 is 27.5 Å². The van der Waals surface area contributed by atoms with E-state index in [9.17, 15) is 4.79 Å². The zero-order valence-corrected chi connectivity index (χ0v) is 13.0. The lowest BCUT2D eigenvalue weighted by atomic mass is 10.3. The second kappa shape index (κ2) is 6.76. The molecular weight excluding hydrogens is 348 g/mol. The molecule has 2 aromatic rings. The lowest BCUT2D eigenvalue weighted by molar-refractivity contribution is 0.277. The molecule has 0 bridgehead atoms. The maximum Gasteiger partial charge on any atom is 0.269 e. The maximum absolute atomic E-state index is 11.9. The topological polar surface area (TPSA) is 53.4 Å². The van der Waals surface area contributed by atoms with Gasteiger partial charge in [-0.2, -0.15) is 0 Å². The van der Waals surface area contributed by atoms with Gasteiger partial charge in [-0.1, -0.05) is 23.7 Å². The number of aromatic nitrogens is 2. The Kier molecular flexibility index (Phi) is 5.03. The van der Waals surface area contributed by atoms with E-state index in [2.05, 4.69) is 20.9 Å². The van der Waals surface area contributed by atoms with Crippen molar-refractivity contribution in [3.05, 3.63) is 50.6 Å². The molecule has 0 aliphatic carbocycles. The molecule has 0 N–H and O–H groups in total. The number of methoxy groups -OCH3 is 1. The molecule has 5 nitrogen and oxygen atoms in total. The summed E-state index contributed by atoms with van der Waals surface area (Å²) in [6, 6.07) is 7.32. The van der Waals surface area contributed by atoms with Crippen LogP contribution in [0.1, 0.15) is 0 Å². The van der Waals surface area contributed by atoms with Crippen molar-refractivity contribution in [1.82, 2.24) is 9.55 Å². The van der Waals surface area contributed by atoms with Gasteiger partial charge in [-0.3, -0.25) is 9.36 Å². The van der Waals surface area contributed by atoms with Crippen LogP contribution in [-0.2, 0) is 6.54 Å². The highest BCUT2D eigenvalue weighted by molar-refractivity contribution is 9.10. The molecule has 1 heterocycles. The molecule has 2 rings (SSSR count). The average molecular weight is 360 g/mol. The minimum absolute atomic E-state index is 0.150. The van der Waals surface area contributed by atoms with E-state index >= 15 is 0 Å². The van der Waals surface area contributed by atoms with Gasteiger partial charge >= 0.3 is 0 Å². The third-order valence-corrected chi connectivity index (χ3v) is 3.83. The van der Waals surface area contributed by atoms with E-state index < -0.39 is 0 Å². The van der Waals surface area contributed by atoms with Crippen LogP contribution in [0, 0.1) is 0 Å². The standard InChI is InChI=1S/C13H12BrClN2O3/c1-19-9-4-2-3-5-10(9)20-7-6-17-8-16-12(15)11(14)13(17)18/h2-5,8H,6-7H2,1H3. The summed E-state index contributed by atoms with van der Waals surface area (Å²) in [5, 5.41) is 0.150. The number of benzene rings is 1. The molecule has 1 aromatic heterocycles. The minimum atomic E-state index is -0.242. The van der Waals surface area contributed by atoms with Crippen LogP contribution in [0.25, 0.3) is 0 Å². The Morgan fingerprint density at radius 2 is 2.05 bits per heavy atom. The monoisotopic (exact) mass is 358 g/mol. The second-order valence-electron chi connectivity index (χ2n) is 3.85. The summed E-state index contributed by atoms with van der Waals surface area (Å²) in [5.74, 6) is 1.28. The highest BCUT2D eigenvalue weighted by atomic mass is 79.9. The van der Waals surface area contributed by atoms with Crippen LogP contribution in [0.2, 0.25) is 5.15 Å². The van der Waals surface area contributed by atoms with Gasteiger partial charge in [0.2, 0.25) is 0 Å². The number of rotatable bonds is 5. The first kappa shape index (κ1) is 14.9. The number of halogens is 2. The predicted molar refractivity (Wildman–Crippen MR) is 79.7 cm³/mol. The van der Waals surface area contributed by atoms with E-state index in [1.165, 1.54) is 10.9 Å². The maximum atomic E-state index is 11.9. The van der Waals surface area contributed by atoms with Crippen molar-refractivity contribution in [2.75, 3.05) is 13.7 Å². The van der Waals surface area contributed by atoms with Gasteiger partial charge in [0, 0.05) is 0 Å². The highest BCUT2D eigenvalue weighted by Gasteiger charge is 2.07. The van der Waals surface area contributed by atoms with Gasteiger partial charge in [0.05, 0.1) is 20.0 Å². The fraction of sp³-hybridized carbons (Fsp3) is 0.231. The van der Waals surface area contributed by atoms with Gasteiger partial charge in [-0.15, -0.1) is 0 Å². The molecule has 7 heteroatoms. The number of hydrogen-bond acceptors (Lipinski definition) is 4. The minimum Gasteiger partial charge on any atom is -0.493 e. The Morgan fingerprint density at radius 1 is 1.35 bits per heavy atom. The predicted octanol–water partition coefficient (Wildman–Crippen LogP) is 2.75. The zero-order chi connectivity index (χ0) is 14.5. The molecule has 0 unspecified atom stereocenters. The number of hydrogen-bond donors (Lipinski definition) is 0. The number of nitrogens with zero attached hydrogens (tertiary/aromatic N) is 2. The Morgan fingerprint density at radius 3 is 2.75 bits per heavy atom. The van der Waals surface area contributed by atoms with E-state index in [0.717, 1.165) is 0 Å². The van der Waals surface area contributed by atoms with Crippen molar-refractivity contribution in [1.29, 1.82) is 0 Å². The van der Waals surface area contributed by atoms with E-state index in [-0.39, 0.29) is 15.2 Å². The van der Waals surface area contributed by atoms with Gasteiger partial charge < -0.3 is 9.47 Å². The van der Waals surface area contributed by atoms with Crippen molar-refractivity contribution in [2.45, 2.75) is 6.54 Å². The normalized spacial score (nSPS) is 10.3. The highest BCUT2D eigenvalue weighted by Crippen LogP contribution is 2.25. The lowest BCUT2D eigenvalue weighted by Gasteiger charge is -2.11. The lowest BCUT2D eigenvalue weighted by Crippen LogP contribution is -2.24. The van der Waals surface area contributed by atoms with Crippen LogP contribution in [0.3, 0.4) is 0 Å². The number of ether oxygens (including phenoxy) is 2. The molecule has 0 radical (unpaired) electrons. The fourth-order valence-corrected chi connectivity index (χ4v) is 2.05. The molecule has 0 fully saturated rings. The molecule has 20 heavy (non-hydrogen) atoms. The molecular formula is C13H12BrClN2O3. The van der Waals surface area contributed by atoms with Gasteiger partial charge in [-0.25, -0.2) is 4.98 Å². The van der Waals surface area contributed by atoms with Crippen molar-refractivity contribution in [3.8, 4) is 11.5 Å². The fourth-order valence-electron chi connectivity index (χ4n) is 1.60. The number of para-hydroxylation sites is 2. The molecule has 106 valence electrons. The van der Waals surface area contributed by atoms with E-state index in [1.807, 2.05) is 18.2 Å². The summed E-state index contributed by atoms with van der Waals surface area (Å²) < 4.78 is 12.4. The van der Waals surface area contributed by atoms with Crippen LogP contribution in [0.4, 0.5) is 0 Å². The van der Waals surface area contributed by atoms with Crippen LogP contribution in [-0.4, -0.2) is 23.3 Å². The Balaban J connectivity index is 2.03. The molecule has 0 aliphatic rings. The second-order valence-corrected chi connectivity index (χ2v) is 5.00. The SMILES string of the molecule is COc1ccccc1OCCn1cnc(Cl)c(Br)c1=O. The quantitative estimate of drug-likeness (QED) is 0.770. The Labute approximate surface area is 129 Å². The smallest absolute Gasteiger partial charge is 0.269 e. The van der Waals surface area contributed by atoms with Crippen molar-refractivity contribution < 1.29 is 9.47 Å². The molecule has 0 atom stereocenters. The summed E-state index contributed by atoms with van der Waals surface area (Å²) in [5.41, 5.74) is -0.242. The van der Waals surface area contributed by atoms with Crippen LogP contribution in [0.5, 0.6) is 11.5 Å². The Bertz CT molecular complexity index is 660. The first-order valence-electron chi connectivity index (χ1n) is 5.79. The first-order valence-corrected chi connectivity index (χ1v) is 6.97. The van der Waals surface area contributed by atoms with Crippen molar-refractivity contribution in [3.63, 3.8) is 0 Å². The van der Waals surface area contributed by atoms with Gasteiger partial charge in [0.25, 0.3) is 5.56 Å². The van der Waals surface area contributed by atoms with Gasteiger partial charge in [0.15, 0.2) is 16.7 Å². The summed E-state index contributed by atoms with van der Waals surface area (Å²) in [6.07, 6.45) is 1.39. The summed E-state index contributed by atoms with van der Waals surface area (Å²) in [6.45, 7) is 0.676. The third-order valence-electron chi connectivity index (χ3n) is 2.60. The molecule has 0 saturated heterocycles. The van der Waals surface area contributed by atoms with Crippen molar-refractivity contribution >= 4 is 27.5 Å².